The van der Waals surface area contributed by atoms with E-state index in [1.165, 1.54) is 4.90 Å². The van der Waals surface area contributed by atoms with Crippen molar-refractivity contribution in [1.82, 2.24) is 4.98 Å². The number of ether oxygens (including phenoxy) is 2. The lowest BCUT2D eigenvalue weighted by atomic mass is 9.95. The normalized spacial score (nSPS) is 19.5. The molecular weight excluding hydrogens is 396 g/mol. The third kappa shape index (κ3) is 3.20. The molecule has 1 fully saturated rings. The van der Waals surface area contributed by atoms with Gasteiger partial charge in [0.2, 0.25) is 0 Å². The van der Waals surface area contributed by atoms with E-state index in [1.54, 1.807) is 42.6 Å². The summed E-state index contributed by atoms with van der Waals surface area (Å²) in [5.74, 6) is -0.414. The minimum Gasteiger partial charge on any atom is -0.507 e. The first-order valence-electron chi connectivity index (χ1n) is 9.82. The van der Waals surface area contributed by atoms with Crippen LogP contribution in [-0.2, 0) is 9.59 Å². The fourth-order valence-electron chi connectivity index (χ4n) is 3.86. The fourth-order valence-corrected chi connectivity index (χ4v) is 3.86. The van der Waals surface area contributed by atoms with Crippen LogP contribution in [-0.4, -0.2) is 35.0 Å². The number of pyridine rings is 1. The van der Waals surface area contributed by atoms with Crippen LogP contribution in [0, 0.1) is 0 Å². The summed E-state index contributed by atoms with van der Waals surface area (Å²) in [5, 5.41) is 11.2. The summed E-state index contributed by atoms with van der Waals surface area (Å²) in [5.41, 5.74) is 1.05. The SMILES string of the molecule is O=C1C(=O)N(c2ccccn2)C(c2ccccc2)/C1=C(\O)c1ccc2c(c1)OCCO2. The number of amides is 1. The highest BCUT2D eigenvalue weighted by Crippen LogP contribution is 2.42. The number of ketones is 1. The molecule has 1 amide bonds. The number of anilines is 1. The van der Waals surface area contributed by atoms with Crippen LogP contribution in [0.1, 0.15) is 17.2 Å². The summed E-state index contributed by atoms with van der Waals surface area (Å²) < 4.78 is 11.1. The smallest absolute Gasteiger partial charge is 0.301 e. The molecule has 2 aliphatic heterocycles. The average molecular weight is 414 g/mol. The van der Waals surface area contributed by atoms with Crippen molar-refractivity contribution in [3.8, 4) is 11.5 Å². The number of carbonyl (C=O) groups is 2. The standard InChI is InChI=1S/C24H18N2O5/c27-22(16-9-10-17-18(14-16)31-13-12-30-17)20-21(15-6-2-1-3-7-15)26(24(29)23(20)28)19-8-4-5-11-25-19/h1-11,14,21,27H,12-13H2/b22-20+. The van der Waals surface area contributed by atoms with Gasteiger partial charge in [0.05, 0.1) is 11.6 Å². The maximum Gasteiger partial charge on any atom is 0.301 e. The molecule has 154 valence electrons. The Morgan fingerprint density at radius 1 is 0.935 bits per heavy atom. The Hall–Kier alpha value is -4.13. The lowest BCUT2D eigenvalue weighted by Crippen LogP contribution is -2.30. The van der Waals surface area contributed by atoms with Gasteiger partial charge in [-0.2, -0.15) is 0 Å². The van der Waals surface area contributed by atoms with E-state index in [2.05, 4.69) is 4.98 Å². The van der Waals surface area contributed by atoms with Gasteiger partial charge in [0.15, 0.2) is 11.5 Å². The molecule has 0 aliphatic carbocycles. The number of rotatable bonds is 3. The molecule has 3 aromatic rings. The average Bonchev–Trinajstić information content (AvgIpc) is 3.10. The number of benzene rings is 2. The van der Waals surface area contributed by atoms with Crippen molar-refractivity contribution < 1.29 is 24.2 Å². The van der Waals surface area contributed by atoms with Crippen LogP contribution in [0.4, 0.5) is 5.82 Å². The zero-order chi connectivity index (χ0) is 21.4. The molecule has 1 unspecified atom stereocenters. The summed E-state index contributed by atoms with van der Waals surface area (Å²) in [6.07, 6.45) is 1.55. The predicted molar refractivity (Wildman–Crippen MR) is 113 cm³/mol. The zero-order valence-electron chi connectivity index (χ0n) is 16.4. The van der Waals surface area contributed by atoms with Gasteiger partial charge in [-0.1, -0.05) is 36.4 Å². The number of hydrogen-bond acceptors (Lipinski definition) is 6. The topological polar surface area (TPSA) is 89.0 Å². The van der Waals surface area contributed by atoms with Crippen LogP contribution in [0.5, 0.6) is 11.5 Å². The van der Waals surface area contributed by atoms with Crippen LogP contribution >= 0.6 is 0 Å². The highest BCUT2D eigenvalue weighted by molar-refractivity contribution is 6.51. The summed E-state index contributed by atoms with van der Waals surface area (Å²) in [6, 6.07) is 18.3. The second kappa shape index (κ2) is 7.60. The molecule has 0 bridgehead atoms. The number of Topliss-reactive ketones (excluding diaryl/α,β-unsaturated/α-hetero) is 1. The van der Waals surface area contributed by atoms with Crippen LogP contribution in [0.2, 0.25) is 0 Å². The van der Waals surface area contributed by atoms with E-state index in [-0.39, 0.29) is 11.3 Å². The molecule has 3 heterocycles. The summed E-state index contributed by atoms with van der Waals surface area (Å²) in [7, 11) is 0. The Bertz CT molecular complexity index is 1190. The van der Waals surface area contributed by atoms with Gasteiger partial charge >= 0.3 is 5.91 Å². The Morgan fingerprint density at radius 2 is 1.68 bits per heavy atom. The largest absolute Gasteiger partial charge is 0.507 e. The molecule has 2 aliphatic rings. The lowest BCUT2D eigenvalue weighted by molar-refractivity contribution is -0.132. The van der Waals surface area contributed by atoms with Crippen LogP contribution < -0.4 is 14.4 Å². The number of aliphatic hydroxyl groups is 1. The second-order valence-corrected chi connectivity index (χ2v) is 7.13. The Labute approximate surface area is 178 Å². The van der Waals surface area contributed by atoms with Gasteiger partial charge in [0.25, 0.3) is 5.78 Å². The first kappa shape index (κ1) is 18.9. The minimum atomic E-state index is -0.815. The van der Waals surface area contributed by atoms with Crippen molar-refractivity contribution >= 4 is 23.3 Å². The van der Waals surface area contributed by atoms with Crippen LogP contribution in [0.25, 0.3) is 5.76 Å². The van der Waals surface area contributed by atoms with E-state index in [9.17, 15) is 14.7 Å². The molecule has 1 saturated heterocycles. The van der Waals surface area contributed by atoms with Gasteiger partial charge in [-0.25, -0.2) is 4.98 Å². The number of aliphatic hydroxyl groups excluding tert-OH is 1. The molecule has 31 heavy (non-hydrogen) atoms. The van der Waals surface area contributed by atoms with Crippen molar-refractivity contribution in [3.63, 3.8) is 0 Å². The molecule has 7 nitrogen and oxygen atoms in total. The molecule has 1 N–H and O–H groups in total. The molecule has 7 heteroatoms. The molecule has 2 aromatic carbocycles. The van der Waals surface area contributed by atoms with Crippen molar-refractivity contribution in [2.24, 2.45) is 0 Å². The third-order valence-electron chi connectivity index (χ3n) is 5.27. The van der Waals surface area contributed by atoms with Crippen molar-refractivity contribution in [2.75, 3.05) is 18.1 Å². The summed E-state index contributed by atoms with van der Waals surface area (Å²) >= 11 is 0. The molecule has 1 aromatic heterocycles. The van der Waals surface area contributed by atoms with Gasteiger partial charge < -0.3 is 14.6 Å². The first-order valence-corrected chi connectivity index (χ1v) is 9.82. The van der Waals surface area contributed by atoms with E-state index < -0.39 is 17.7 Å². The molecule has 0 radical (unpaired) electrons. The number of nitrogens with zero attached hydrogens (tertiary/aromatic N) is 2. The molecular formula is C24H18N2O5. The lowest BCUT2D eigenvalue weighted by Gasteiger charge is -2.24. The third-order valence-corrected chi connectivity index (χ3v) is 5.27. The van der Waals surface area contributed by atoms with Gasteiger partial charge in [-0.05, 0) is 35.9 Å². The van der Waals surface area contributed by atoms with Gasteiger partial charge in [0.1, 0.15) is 24.8 Å². The Morgan fingerprint density at radius 3 is 2.42 bits per heavy atom. The second-order valence-electron chi connectivity index (χ2n) is 7.13. The van der Waals surface area contributed by atoms with Crippen LogP contribution in [0.3, 0.4) is 0 Å². The molecule has 0 saturated carbocycles. The zero-order valence-corrected chi connectivity index (χ0v) is 16.4. The number of fused-ring (bicyclic) bond motifs is 1. The fraction of sp³-hybridized carbons (Fsp3) is 0.125. The van der Waals surface area contributed by atoms with E-state index in [0.717, 1.165) is 0 Å². The van der Waals surface area contributed by atoms with Crippen molar-refractivity contribution in [1.29, 1.82) is 0 Å². The van der Waals surface area contributed by atoms with Gasteiger partial charge in [-0.15, -0.1) is 0 Å². The highest BCUT2D eigenvalue weighted by atomic mass is 16.6. The maximum atomic E-state index is 13.1. The highest BCUT2D eigenvalue weighted by Gasteiger charge is 2.47. The van der Waals surface area contributed by atoms with Gasteiger partial charge in [-0.3, -0.25) is 14.5 Å². The predicted octanol–water partition coefficient (Wildman–Crippen LogP) is 3.48. The minimum absolute atomic E-state index is 0.00136. The summed E-state index contributed by atoms with van der Waals surface area (Å²) in [4.78, 5) is 31.7. The van der Waals surface area contributed by atoms with E-state index in [1.807, 2.05) is 30.3 Å². The molecule has 5 rings (SSSR count). The van der Waals surface area contributed by atoms with Crippen molar-refractivity contribution in [2.45, 2.75) is 6.04 Å². The first-order chi connectivity index (χ1) is 15.1. The Kier molecular flexibility index (Phi) is 4.63. The molecule has 1 atom stereocenters. The molecule has 0 spiro atoms. The van der Waals surface area contributed by atoms with E-state index in [0.29, 0.717) is 41.7 Å². The maximum absolute atomic E-state index is 13.1. The van der Waals surface area contributed by atoms with Crippen LogP contribution in [0.15, 0.2) is 78.5 Å². The van der Waals surface area contributed by atoms with E-state index in [4.69, 9.17) is 9.47 Å². The Balaban J connectivity index is 1.69. The van der Waals surface area contributed by atoms with Gasteiger partial charge in [0, 0.05) is 11.8 Å². The number of aromatic nitrogens is 1. The monoisotopic (exact) mass is 414 g/mol. The quantitative estimate of drug-likeness (QED) is 0.401. The van der Waals surface area contributed by atoms with E-state index >= 15 is 0 Å². The number of hydrogen-bond donors (Lipinski definition) is 1. The van der Waals surface area contributed by atoms with Crippen molar-refractivity contribution in [3.05, 3.63) is 89.6 Å². The summed E-state index contributed by atoms with van der Waals surface area (Å²) in [6.45, 7) is 0.840. The number of carbonyl (C=O) groups excluding carboxylic acids is 2.